The van der Waals surface area contributed by atoms with E-state index in [1.54, 1.807) is 12.3 Å². The van der Waals surface area contributed by atoms with Crippen molar-refractivity contribution in [3.8, 4) is 0 Å². The minimum Gasteiger partial charge on any atom is -0.370 e. The third kappa shape index (κ3) is 4.97. The molecule has 2 aromatic rings. The van der Waals surface area contributed by atoms with Crippen molar-refractivity contribution < 1.29 is 9.59 Å². The van der Waals surface area contributed by atoms with Crippen molar-refractivity contribution in [1.82, 2.24) is 10.3 Å². The van der Waals surface area contributed by atoms with Crippen LogP contribution in [0.2, 0.25) is 0 Å². The molecule has 3 amide bonds. The van der Waals surface area contributed by atoms with E-state index in [1.165, 1.54) is 12.8 Å². The molecule has 0 spiro atoms. The molecule has 7 nitrogen and oxygen atoms in total. The van der Waals surface area contributed by atoms with Gasteiger partial charge in [0, 0.05) is 13.1 Å². The second kappa shape index (κ2) is 8.53. The molecular formula is C20H25N5O2. The Balaban J connectivity index is 1.65. The number of aromatic nitrogens is 1. The van der Waals surface area contributed by atoms with Gasteiger partial charge in [-0.05, 0) is 43.0 Å². The number of pyridine rings is 1. The van der Waals surface area contributed by atoms with Gasteiger partial charge >= 0.3 is 6.03 Å². The van der Waals surface area contributed by atoms with Crippen molar-refractivity contribution in [3.63, 3.8) is 0 Å². The number of primary amides is 1. The Kier molecular flexibility index (Phi) is 5.90. The zero-order chi connectivity index (χ0) is 19.2. The lowest BCUT2D eigenvalue weighted by molar-refractivity contribution is -0.116. The van der Waals surface area contributed by atoms with E-state index in [4.69, 9.17) is 5.73 Å². The van der Waals surface area contributed by atoms with Crippen LogP contribution in [0.25, 0.3) is 0 Å². The SMILES string of the molecule is Cc1ccccc1[C@@H](CC(=O)Nc1ccc(N2CCCC2)cn1)NC(N)=O. The topological polar surface area (TPSA) is 100 Å². The molecule has 0 unspecified atom stereocenters. The maximum atomic E-state index is 12.5. The van der Waals surface area contributed by atoms with Crippen LogP contribution in [-0.2, 0) is 4.79 Å². The summed E-state index contributed by atoms with van der Waals surface area (Å²) in [4.78, 5) is 30.5. The average molecular weight is 367 g/mol. The summed E-state index contributed by atoms with van der Waals surface area (Å²) >= 11 is 0. The van der Waals surface area contributed by atoms with Crippen LogP contribution in [0.4, 0.5) is 16.3 Å². The van der Waals surface area contributed by atoms with Crippen molar-refractivity contribution in [3.05, 3.63) is 53.7 Å². The number of amides is 3. The number of aryl methyl sites for hydroxylation is 1. The fourth-order valence-corrected chi connectivity index (χ4v) is 3.39. The number of carbonyl (C=O) groups is 2. The number of hydrogen-bond acceptors (Lipinski definition) is 4. The summed E-state index contributed by atoms with van der Waals surface area (Å²) in [5, 5.41) is 5.44. The Bertz CT molecular complexity index is 800. The van der Waals surface area contributed by atoms with Crippen LogP contribution >= 0.6 is 0 Å². The van der Waals surface area contributed by atoms with Gasteiger partial charge in [-0.3, -0.25) is 4.79 Å². The van der Waals surface area contributed by atoms with Crippen molar-refractivity contribution in [2.45, 2.75) is 32.2 Å². The van der Waals surface area contributed by atoms with E-state index in [2.05, 4.69) is 20.5 Å². The van der Waals surface area contributed by atoms with Crippen molar-refractivity contribution in [2.75, 3.05) is 23.3 Å². The summed E-state index contributed by atoms with van der Waals surface area (Å²) in [6.45, 7) is 4.02. The number of hydrogen-bond donors (Lipinski definition) is 3. The third-order valence-corrected chi connectivity index (χ3v) is 4.76. The predicted molar refractivity (Wildman–Crippen MR) is 106 cm³/mol. The maximum Gasteiger partial charge on any atom is 0.312 e. The number of nitrogens with two attached hydrogens (primary N) is 1. The fourth-order valence-electron chi connectivity index (χ4n) is 3.39. The minimum atomic E-state index is -0.663. The first-order valence-corrected chi connectivity index (χ1v) is 9.15. The molecule has 1 aliphatic rings. The minimum absolute atomic E-state index is 0.0728. The number of benzene rings is 1. The molecule has 7 heteroatoms. The lowest BCUT2D eigenvalue weighted by Gasteiger charge is -2.20. The molecule has 0 saturated carbocycles. The second-order valence-corrected chi connectivity index (χ2v) is 6.77. The molecule has 1 saturated heterocycles. The highest BCUT2D eigenvalue weighted by Gasteiger charge is 2.19. The molecule has 1 aliphatic heterocycles. The van der Waals surface area contributed by atoms with E-state index in [1.807, 2.05) is 37.3 Å². The third-order valence-electron chi connectivity index (χ3n) is 4.76. The number of anilines is 2. The van der Waals surface area contributed by atoms with Crippen LogP contribution < -0.4 is 21.3 Å². The summed E-state index contributed by atoms with van der Waals surface area (Å²) in [5.41, 5.74) is 8.20. The molecular weight excluding hydrogens is 342 g/mol. The molecule has 2 heterocycles. The van der Waals surface area contributed by atoms with Crippen molar-refractivity contribution in [1.29, 1.82) is 0 Å². The van der Waals surface area contributed by atoms with Crippen LogP contribution in [0.15, 0.2) is 42.6 Å². The van der Waals surface area contributed by atoms with E-state index in [9.17, 15) is 9.59 Å². The highest BCUT2D eigenvalue weighted by atomic mass is 16.2. The van der Waals surface area contributed by atoms with E-state index in [0.717, 1.165) is 29.9 Å². The summed E-state index contributed by atoms with van der Waals surface area (Å²) < 4.78 is 0. The van der Waals surface area contributed by atoms with Gasteiger partial charge in [-0.2, -0.15) is 0 Å². The highest BCUT2D eigenvalue weighted by Crippen LogP contribution is 2.22. The molecule has 3 rings (SSSR count). The zero-order valence-corrected chi connectivity index (χ0v) is 15.4. The molecule has 142 valence electrons. The quantitative estimate of drug-likeness (QED) is 0.731. The second-order valence-electron chi connectivity index (χ2n) is 6.77. The van der Waals surface area contributed by atoms with Gasteiger partial charge in [-0.25, -0.2) is 9.78 Å². The number of nitrogens with zero attached hydrogens (tertiary/aromatic N) is 2. The molecule has 1 fully saturated rings. The normalized spacial score (nSPS) is 14.6. The first-order valence-electron chi connectivity index (χ1n) is 9.15. The Morgan fingerprint density at radius 1 is 1.19 bits per heavy atom. The van der Waals surface area contributed by atoms with E-state index in [-0.39, 0.29) is 12.3 Å². The molecule has 0 bridgehead atoms. The lowest BCUT2D eigenvalue weighted by Crippen LogP contribution is -2.35. The summed E-state index contributed by atoms with van der Waals surface area (Å²) in [6.07, 6.45) is 4.25. The van der Waals surface area contributed by atoms with Crippen LogP contribution in [0, 0.1) is 6.92 Å². The molecule has 27 heavy (non-hydrogen) atoms. The number of nitrogens with one attached hydrogen (secondary N) is 2. The van der Waals surface area contributed by atoms with Gasteiger partial charge in [-0.15, -0.1) is 0 Å². The summed E-state index contributed by atoms with van der Waals surface area (Å²) in [6, 6.07) is 10.2. The Morgan fingerprint density at radius 3 is 2.56 bits per heavy atom. The molecule has 4 N–H and O–H groups in total. The molecule has 1 aromatic carbocycles. The van der Waals surface area contributed by atoms with Gasteiger partial charge in [-0.1, -0.05) is 24.3 Å². The van der Waals surface area contributed by atoms with Crippen molar-refractivity contribution >= 4 is 23.4 Å². The van der Waals surface area contributed by atoms with Crippen molar-refractivity contribution in [2.24, 2.45) is 5.73 Å². The first-order chi connectivity index (χ1) is 13.0. The Labute approximate surface area is 159 Å². The number of carbonyl (C=O) groups excluding carboxylic acids is 2. The lowest BCUT2D eigenvalue weighted by atomic mass is 9.98. The molecule has 1 atom stereocenters. The van der Waals surface area contributed by atoms with Gasteiger partial charge in [0.15, 0.2) is 0 Å². The van der Waals surface area contributed by atoms with Crippen LogP contribution in [0.1, 0.15) is 36.4 Å². The van der Waals surface area contributed by atoms with Gasteiger partial charge in [0.05, 0.1) is 24.3 Å². The Morgan fingerprint density at radius 2 is 1.93 bits per heavy atom. The Hall–Kier alpha value is -3.09. The standard InChI is InChI=1S/C20H25N5O2/c1-14-6-2-3-7-16(14)17(23-20(21)27)12-19(26)24-18-9-8-15(13-22-18)25-10-4-5-11-25/h2-3,6-9,13,17H,4-5,10-12H2,1H3,(H3,21,23,27)(H,22,24,26)/t17-/m1/s1. The van der Waals surface area contributed by atoms with Crippen LogP contribution in [-0.4, -0.2) is 30.0 Å². The van der Waals surface area contributed by atoms with Gasteiger partial charge in [0.1, 0.15) is 5.82 Å². The fraction of sp³-hybridized carbons (Fsp3) is 0.350. The smallest absolute Gasteiger partial charge is 0.312 e. The predicted octanol–water partition coefficient (Wildman–Crippen LogP) is 2.73. The monoisotopic (exact) mass is 367 g/mol. The van der Waals surface area contributed by atoms with Gasteiger partial charge in [0.25, 0.3) is 0 Å². The summed E-state index contributed by atoms with van der Waals surface area (Å²) in [7, 11) is 0. The number of rotatable bonds is 6. The van der Waals surface area contributed by atoms with E-state index in [0.29, 0.717) is 5.82 Å². The molecule has 0 aliphatic carbocycles. The van der Waals surface area contributed by atoms with Crippen LogP contribution in [0.3, 0.4) is 0 Å². The molecule has 0 radical (unpaired) electrons. The van der Waals surface area contributed by atoms with Gasteiger partial charge in [0.2, 0.25) is 5.91 Å². The van der Waals surface area contributed by atoms with Crippen LogP contribution in [0.5, 0.6) is 0 Å². The highest BCUT2D eigenvalue weighted by molar-refractivity contribution is 5.90. The average Bonchev–Trinajstić information content (AvgIpc) is 3.16. The maximum absolute atomic E-state index is 12.5. The first kappa shape index (κ1) is 18.7. The van der Waals surface area contributed by atoms with Gasteiger partial charge < -0.3 is 21.3 Å². The zero-order valence-electron chi connectivity index (χ0n) is 15.4. The molecule has 1 aromatic heterocycles. The largest absolute Gasteiger partial charge is 0.370 e. The summed E-state index contributed by atoms with van der Waals surface area (Å²) in [5.74, 6) is 0.254. The van der Waals surface area contributed by atoms with E-state index < -0.39 is 12.1 Å². The number of urea groups is 1. The van der Waals surface area contributed by atoms with E-state index >= 15 is 0 Å².